The minimum Gasteiger partial charge on any atom is -0.386 e. The van der Waals surface area contributed by atoms with Crippen molar-refractivity contribution in [3.63, 3.8) is 0 Å². The lowest BCUT2D eigenvalue weighted by Gasteiger charge is -2.39. The molecule has 2 atom stereocenters. The van der Waals surface area contributed by atoms with E-state index in [0.29, 0.717) is 33.8 Å². The second-order valence-electron chi connectivity index (χ2n) is 10.5. The molecular weight excluding hydrogens is 485 g/mol. The van der Waals surface area contributed by atoms with Crippen LogP contribution in [-0.4, -0.2) is 46.0 Å². The Bertz CT molecular complexity index is 1430. The van der Waals surface area contributed by atoms with E-state index in [2.05, 4.69) is 4.98 Å². The fraction of sp³-hybridized carbons (Fsp3) is 0.379. The minimum absolute atomic E-state index is 0. The molecule has 38 heavy (non-hydrogen) atoms. The molecule has 1 fully saturated rings. The van der Waals surface area contributed by atoms with Crippen LogP contribution in [0.2, 0.25) is 0 Å². The first-order valence-corrected chi connectivity index (χ1v) is 12.5. The summed E-state index contributed by atoms with van der Waals surface area (Å²) in [6, 6.07) is 10.6. The normalized spacial score (nSPS) is 20.8. The van der Waals surface area contributed by atoms with Gasteiger partial charge in [-0.15, -0.1) is 0 Å². The largest absolute Gasteiger partial charge is 0.386 e. The monoisotopic (exact) mass is 517 g/mol. The lowest BCUT2D eigenvalue weighted by atomic mass is 9.88. The highest BCUT2D eigenvalue weighted by molar-refractivity contribution is 6.12. The Hall–Kier alpha value is -3.85. The zero-order valence-electron chi connectivity index (χ0n) is 21.1. The Morgan fingerprint density at radius 3 is 2.39 bits per heavy atom. The topological polar surface area (TPSA) is 89.9 Å². The van der Waals surface area contributed by atoms with Gasteiger partial charge in [-0.05, 0) is 62.4 Å². The summed E-state index contributed by atoms with van der Waals surface area (Å²) in [6.45, 7) is 5.15. The predicted octanol–water partition coefficient (Wildman–Crippen LogP) is 4.56. The molecule has 1 saturated carbocycles. The van der Waals surface area contributed by atoms with Crippen molar-refractivity contribution in [1.82, 2.24) is 9.97 Å². The summed E-state index contributed by atoms with van der Waals surface area (Å²) < 4.78 is 13.8. The number of aliphatic hydroxyl groups is 1. The number of carbonyl (C=O) groups excluding carboxylic acids is 2. The molecule has 3 aliphatic rings. The lowest BCUT2D eigenvalue weighted by molar-refractivity contribution is -0.119. The van der Waals surface area contributed by atoms with Gasteiger partial charge in [-0.1, -0.05) is 37.8 Å². The highest BCUT2D eigenvalue weighted by atomic mass is 19.1. The summed E-state index contributed by atoms with van der Waals surface area (Å²) in [6.07, 6.45) is 3.54. The number of nitrogens with zero attached hydrogens (tertiary/aromatic N) is 5. The molecule has 198 valence electrons. The Morgan fingerprint density at radius 1 is 1.08 bits per heavy atom. The maximum atomic E-state index is 14.1. The Kier molecular flexibility index (Phi) is 6.02. The van der Waals surface area contributed by atoms with Crippen LogP contribution < -0.4 is 14.7 Å². The highest BCUT2D eigenvalue weighted by Gasteiger charge is 2.46. The van der Waals surface area contributed by atoms with Crippen LogP contribution in [0.15, 0.2) is 48.7 Å². The molecule has 2 aliphatic heterocycles. The Balaban J connectivity index is 0.00000294. The van der Waals surface area contributed by atoms with Crippen LogP contribution in [0.1, 0.15) is 74.1 Å². The van der Waals surface area contributed by atoms with Gasteiger partial charge in [-0.2, -0.15) is 4.98 Å². The molecule has 1 aromatic heterocycles. The van der Waals surface area contributed by atoms with Gasteiger partial charge in [0.1, 0.15) is 17.5 Å². The van der Waals surface area contributed by atoms with Crippen LogP contribution >= 0.6 is 0 Å². The van der Waals surface area contributed by atoms with E-state index in [-0.39, 0.29) is 43.1 Å². The number of benzene rings is 2. The van der Waals surface area contributed by atoms with Gasteiger partial charge in [0.05, 0.1) is 23.4 Å². The molecule has 9 heteroatoms. The average molecular weight is 518 g/mol. The molecule has 0 saturated heterocycles. The SMILES string of the molecule is C.CC1C(=O)N(C)c2cnc(N3C(=O)c4c(cccc4C(C)(C)O)C3c3ccc(F)cc3)nc2N1C1CC1. The van der Waals surface area contributed by atoms with Gasteiger partial charge in [-0.3, -0.25) is 14.5 Å². The fourth-order valence-electron chi connectivity index (χ4n) is 5.55. The van der Waals surface area contributed by atoms with Gasteiger partial charge in [0.2, 0.25) is 11.9 Å². The molecule has 1 N–H and O–H groups in total. The maximum Gasteiger partial charge on any atom is 0.262 e. The van der Waals surface area contributed by atoms with E-state index in [9.17, 15) is 19.1 Å². The number of carbonyl (C=O) groups is 2. The number of anilines is 3. The molecule has 2 amide bonds. The maximum absolute atomic E-state index is 14.1. The number of amides is 2. The molecule has 0 bridgehead atoms. The van der Waals surface area contributed by atoms with Crippen molar-refractivity contribution in [3.05, 3.63) is 76.7 Å². The van der Waals surface area contributed by atoms with Crippen LogP contribution in [0, 0.1) is 5.82 Å². The van der Waals surface area contributed by atoms with Crippen LogP contribution in [0.3, 0.4) is 0 Å². The lowest BCUT2D eigenvalue weighted by Crippen LogP contribution is -2.52. The molecule has 3 aromatic rings. The second-order valence-corrected chi connectivity index (χ2v) is 10.5. The number of fused-ring (bicyclic) bond motifs is 2. The first-order chi connectivity index (χ1) is 17.6. The number of aromatic nitrogens is 2. The van der Waals surface area contributed by atoms with Crippen LogP contribution in [-0.2, 0) is 10.4 Å². The summed E-state index contributed by atoms with van der Waals surface area (Å²) in [7, 11) is 1.71. The van der Waals surface area contributed by atoms with Crippen LogP contribution in [0.25, 0.3) is 0 Å². The number of rotatable bonds is 4. The highest BCUT2D eigenvalue weighted by Crippen LogP contribution is 2.46. The molecule has 0 spiro atoms. The fourth-order valence-corrected chi connectivity index (χ4v) is 5.55. The van der Waals surface area contributed by atoms with Crippen molar-refractivity contribution in [3.8, 4) is 0 Å². The molecule has 0 radical (unpaired) electrons. The van der Waals surface area contributed by atoms with Crippen molar-refractivity contribution < 1.29 is 19.1 Å². The molecule has 1 aliphatic carbocycles. The third-order valence-electron chi connectivity index (χ3n) is 7.53. The van der Waals surface area contributed by atoms with E-state index < -0.39 is 11.6 Å². The molecule has 8 nitrogen and oxygen atoms in total. The van der Waals surface area contributed by atoms with Crippen LogP contribution in [0.4, 0.5) is 21.8 Å². The Labute approximate surface area is 221 Å². The van der Waals surface area contributed by atoms with Crippen LogP contribution in [0.5, 0.6) is 0 Å². The summed E-state index contributed by atoms with van der Waals surface area (Å²) in [5.74, 6) is 0.0625. The minimum atomic E-state index is -1.26. The van der Waals surface area contributed by atoms with Gasteiger partial charge in [0, 0.05) is 13.1 Å². The van der Waals surface area contributed by atoms with Crippen molar-refractivity contribution >= 4 is 29.3 Å². The van der Waals surface area contributed by atoms with E-state index in [1.54, 1.807) is 50.2 Å². The van der Waals surface area contributed by atoms with Crippen molar-refractivity contribution in [2.45, 2.75) is 64.8 Å². The van der Waals surface area contributed by atoms with Crippen molar-refractivity contribution in [1.29, 1.82) is 0 Å². The third-order valence-corrected chi connectivity index (χ3v) is 7.53. The number of hydrogen-bond donors (Lipinski definition) is 1. The van der Waals surface area contributed by atoms with E-state index >= 15 is 0 Å². The third kappa shape index (κ3) is 3.84. The average Bonchev–Trinajstić information content (AvgIpc) is 3.65. The smallest absolute Gasteiger partial charge is 0.262 e. The molecule has 6 rings (SSSR count). The first kappa shape index (κ1) is 25.8. The van der Waals surface area contributed by atoms with Gasteiger partial charge in [-0.25, -0.2) is 9.37 Å². The summed E-state index contributed by atoms with van der Waals surface area (Å²) >= 11 is 0. The molecule has 2 aromatic carbocycles. The number of halogens is 1. The van der Waals surface area contributed by atoms with Crippen molar-refractivity contribution in [2.75, 3.05) is 21.7 Å². The number of hydrogen-bond acceptors (Lipinski definition) is 6. The van der Waals surface area contributed by atoms with Gasteiger partial charge in [0.25, 0.3) is 5.91 Å². The van der Waals surface area contributed by atoms with Gasteiger partial charge >= 0.3 is 0 Å². The van der Waals surface area contributed by atoms with E-state index in [1.165, 1.54) is 17.0 Å². The molecule has 2 unspecified atom stereocenters. The summed E-state index contributed by atoms with van der Waals surface area (Å²) in [5, 5.41) is 10.9. The van der Waals surface area contributed by atoms with Crippen molar-refractivity contribution in [2.24, 2.45) is 0 Å². The Morgan fingerprint density at radius 2 is 1.76 bits per heavy atom. The quantitative estimate of drug-likeness (QED) is 0.546. The van der Waals surface area contributed by atoms with E-state index in [4.69, 9.17) is 4.98 Å². The van der Waals surface area contributed by atoms with E-state index in [0.717, 1.165) is 12.8 Å². The van der Waals surface area contributed by atoms with Gasteiger partial charge < -0.3 is 14.9 Å². The first-order valence-electron chi connectivity index (χ1n) is 12.5. The summed E-state index contributed by atoms with van der Waals surface area (Å²) in [5.41, 5.74) is 1.62. The second kappa shape index (κ2) is 8.87. The number of likely N-dealkylation sites (N-methyl/N-ethyl adjacent to an activating group) is 1. The zero-order chi connectivity index (χ0) is 26.2. The predicted molar refractivity (Wildman–Crippen MR) is 144 cm³/mol. The van der Waals surface area contributed by atoms with Gasteiger partial charge in [0.15, 0.2) is 5.82 Å². The van der Waals surface area contributed by atoms with E-state index in [1.807, 2.05) is 24.0 Å². The zero-order valence-corrected chi connectivity index (χ0v) is 21.1. The molecule has 3 heterocycles. The summed E-state index contributed by atoms with van der Waals surface area (Å²) in [4.78, 5) is 41.5. The molecular formula is C29H32FN5O3. The standard InChI is InChI=1S/C28H28FN5O3.CH4/c1-15-25(35)32(4)21-14-30-27(31-24(21)33(15)18-12-13-18)34-23(16-8-10-17(29)11-9-16)19-6-5-7-20(28(2,3)37)22(19)26(34)36;/h5-11,14-15,18,23,37H,12-13H2,1-4H3;1H4.